The quantitative estimate of drug-likeness (QED) is 0.448. The number of nitrogens with zero attached hydrogens (tertiary/aromatic N) is 1. The molecule has 0 atom stereocenters. The molecule has 3 N–H and O–H groups in total. The average Bonchev–Trinajstić information content (AvgIpc) is 2.66. The molecule has 0 unspecified atom stereocenters. The third-order valence-electron chi connectivity index (χ3n) is 4.63. The molecule has 2 rings (SSSR count). The van der Waals surface area contributed by atoms with Crippen molar-refractivity contribution in [2.75, 3.05) is 58.3 Å². The van der Waals surface area contributed by atoms with Gasteiger partial charge in [-0.2, -0.15) is 0 Å². The lowest BCUT2D eigenvalue weighted by molar-refractivity contribution is -0.895. The number of quaternary nitrogens is 1. The summed E-state index contributed by atoms with van der Waals surface area (Å²) < 4.78 is 4.98. The molecular formula is C19H31N4O2S+. The van der Waals surface area contributed by atoms with Crippen LogP contribution in [0, 0.1) is 0 Å². The molecule has 0 spiro atoms. The summed E-state index contributed by atoms with van der Waals surface area (Å²) in [5.41, 5.74) is 2.34. The van der Waals surface area contributed by atoms with Crippen molar-refractivity contribution in [1.29, 1.82) is 0 Å². The monoisotopic (exact) mass is 379 g/mol. The first kappa shape index (κ1) is 20.6. The van der Waals surface area contributed by atoms with E-state index in [1.807, 2.05) is 0 Å². The topological polar surface area (TPSA) is 58.0 Å². The van der Waals surface area contributed by atoms with E-state index in [4.69, 9.17) is 17.0 Å². The molecule has 1 aromatic carbocycles. The van der Waals surface area contributed by atoms with Crippen molar-refractivity contribution in [2.24, 2.45) is 0 Å². The molecule has 1 heterocycles. The van der Waals surface area contributed by atoms with Crippen molar-refractivity contribution >= 4 is 28.9 Å². The Hall–Kier alpha value is -1.70. The van der Waals surface area contributed by atoms with E-state index in [0.717, 1.165) is 49.8 Å². The van der Waals surface area contributed by atoms with E-state index in [0.29, 0.717) is 19.7 Å². The number of ether oxygens (including phenoxy) is 1. The highest BCUT2D eigenvalue weighted by molar-refractivity contribution is 7.80. The standard InChI is InChI=1S/C19H30N4O2S/c1-3-16-5-7-17(8-6-16)21-19(26)23-12-10-22(11-13-23)15-18(24)20-9-4-14-25-2/h5-8H,3-4,9-15H2,1-2H3,(H,20,24)(H,21,26)/p+1. The number of piperazine rings is 1. The van der Waals surface area contributed by atoms with Gasteiger partial charge in [0, 0.05) is 25.9 Å². The van der Waals surface area contributed by atoms with Crippen molar-refractivity contribution in [3.8, 4) is 0 Å². The fraction of sp³-hybridized carbons (Fsp3) is 0.579. The van der Waals surface area contributed by atoms with Gasteiger partial charge in [-0.05, 0) is 42.8 Å². The van der Waals surface area contributed by atoms with E-state index in [1.165, 1.54) is 10.5 Å². The number of nitrogens with one attached hydrogen (secondary N) is 3. The summed E-state index contributed by atoms with van der Waals surface area (Å²) in [7, 11) is 1.67. The molecule has 1 amide bonds. The summed E-state index contributed by atoms with van der Waals surface area (Å²) >= 11 is 5.54. The summed E-state index contributed by atoms with van der Waals surface area (Å²) in [5, 5.41) is 7.03. The molecule has 6 nitrogen and oxygen atoms in total. The highest BCUT2D eigenvalue weighted by Gasteiger charge is 2.23. The van der Waals surface area contributed by atoms with Crippen LogP contribution in [0.5, 0.6) is 0 Å². The molecule has 0 aromatic heterocycles. The Kier molecular flexibility index (Phi) is 8.80. The van der Waals surface area contributed by atoms with Crippen LogP contribution in [-0.4, -0.2) is 68.9 Å². The lowest BCUT2D eigenvalue weighted by Crippen LogP contribution is -3.15. The van der Waals surface area contributed by atoms with Gasteiger partial charge in [0.1, 0.15) is 0 Å². The lowest BCUT2D eigenvalue weighted by Gasteiger charge is -2.33. The van der Waals surface area contributed by atoms with Crippen molar-refractivity contribution in [2.45, 2.75) is 19.8 Å². The van der Waals surface area contributed by atoms with Crippen LogP contribution in [0.3, 0.4) is 0 Å². The second-order valence-electron chi connectivity index (χ2n) is 6.59. The van der Waals surface area contributed by atoms with Gasteiger partial charge < -0.3 is 25.2 Å². The molecule has 7 heteroatoms. The Bertz CT molecular complexity index is 571. The number of benzene rings is 1. The normalized spacial score (nSPS) is 14.9. The van der Waals surface area contributed by atoms with Crippen LogP contribution in [-0.2, 0) is 16.0 Å². The number of hydrogen-bond acceptors (Lipinski definition) is 3. The van der Waals surface area contributed by atoms with E-state index in [2.05, 4.69) is 46.7 Å². The van der Waals surface area contributed by atoms with Crippen molar-refractivity contribution < 1.29 is 14.4 Å². The number of hydrogen-bond donors (Lipinski definition) is 3. The van der Waals surface area contributed by atoms with Gasteiger partial charge in [-0.1, -0.05) is 19.1 Å². The minimum absolute atomic E-state index is 0.112. The lowest BCUT2D eigenvalue weighted by atomic mass is 10.1. The number of amides is 1. The van der Waals surface area contributed by atoms with Crippen molar-refractivity contribution in [1.82, 2.24) is 10.2 Å². The Morgan fingerprint density at radius 1 is 1.27 bits per heavy atom. The number of methoxy groups -OCH3 is 1. The van der Waals surface area contributed by atoms with E-state index in [-0.39, 0.29) is 5.91 Å². The van der Waals surface area contributed by atoms with Crippen LogP contribution in [0.2, 0.25) is 0 Å². The molecule has 0 aliphatic carbocycles. The van der Waals surface area contributed by atoms with E-state index >= 15 is 0 Å². The number of thiocarbonyl (C=S) groups is 1. The van der Waals surface area contributed by atoms with E-state index in [1.54, 1.807) is 7.11 Å². The first-order chi connectivity index (χ1) is 12.6. The third-order valence-corrected chi connectivity index (χ3v) is 4.99. The maximum absolute atomic E-state index is 12.0. The molecule has 1 saturated heterocycles. The van der Waals surface area contributed by atoms with Crippen molar-refractivity contribution in [3.05, 3.63) is 29.8 Å². The first-order valence-corrected chi connectivity index (χ1v) is 9.77. The van der Waals surface area contributed by atoms with Gasteiger partial charge in [0.2, 0.25) is 0 Å². The molecule has 1 aliphatic rings. The van der Waals surface area contributed by atoms with E-state index < -0.39 is 0 Å². The molecule has 1 fully saturated rings. The maximum atomic E-state index is 12.0. The zero-order chi connectivity index (χ0) is 18.8. The van der Waals surface area contributed by atoms with Gasteiger partial charge in [0.05, 0.1) is 26.2 Å². The Morgan fingerprint density at radius 2 is 1.96 bits per heavy atom. The van der Waals surface area contributed by atoms with Gasteiger partial charge in [-0.15, -0.1) is 0 Å². The summed E-state index contributed by atoms with van der Waals surface area (Å²) in [5.74, 6) is 0.112. The van der Waals surface area contributed by atoms with Gasteiger partial charge in [0.15, 0.2) is 11.7 Å². The van der Waals surface area contributed by atoms with Gasteiger partial charge in [-0.25, -0.2) is 0 Å². The number of anilines is 1. The predicted molar refractivity (Wildman–Crippen MR) is 109 cm³/mol. The summed E-state index contributed by atoms with van der Waals surface area (Å²) in [6.45, 7) is 7.60. The first-order valence-electron chi connectivity index (χ1n) is 9.36. The minimum Gasteiger partial charge on any atom is -0.385 e. The van der Waals surface area contributed by atoms with Crippen LogP contribution in [0.15, 0.2) is 24.3 Å². The molecule has 0 bridgehead atoms. The van der Waals surface area contributed by atoms with Crippen LogP contribution in [0.4, 0.5) is 5.69 Å². The third kappa shape index (κ3) is 6.90. The van der Waals surface area contributed by atoms with Gasteiger partial charge in [0.25, 0.3) is 5.91 Å². The highest BCUT2D eigenvalue weighted by Crippen LogP contribution is 2.11. The number of aryl methyl sites for hydroxylation is 1. The maximum Gasteiger partial charge on any atom is 0.275 e. The van der Waals surface area contributed by atoms with Crippen LogP contribution < -0.4 is 15.5 Å². The van der Waals surface area contributed by atoms with Crippen LogP contribution in [0.1, 0.15) is 18.9 Å². The average molecular weight is 380 g/mol. The summed E-state index contributed by atoms with van der Waals surface area (Å²) in [4.78, 5) is 15.4. The van der Waals surface area contributed by atoms with Crippen LogP contribution >= 0.6 is 12.2 Å². The highest BCUT2D eigenvalue weighted by atomic mass is 32.1. The number of carbonyl (C=O) groups excluding carboxylic acids is 1. The van der Waals surface area contributed by atoms with E-state index in [9.17, 15) is 4.79 Å². The largest absolute Gasteiger partial charge is 0.385 e. The molecule has 1 aromatic rings. The van der Waals surface area contributed by atoms with Crippen molar-refractivity contribution in [3.63, 3.8) is 0 Å². The molecular weight excluding hydrogens is 348 g/mol. The molecule has 0 radical (unpaired) electrons. The molecule has 1 aliphatic heterocycles. The zero-order valence-corrected chi connectivity index (χ0v) is 16.7. The minimum atomic E-state index is 0.112. The Morgan fingerprint density at radius 3 is 2.58 bits per heavy atom. The second kappa shape index (κ2) is 11.1. The summed E-state index contributed by atoms with van der Waals surface area (Å²) in [6.07, 6.45) is 1.89. The molecule has 0 saturated carbocycles. The number of rotatable bonds is 8. The Balaban J connectivity index is 1.68. The molecule has 26 heavy (non-hydrogen) atoms. The fourth-order valence-corrected chi connectivity index (χ4v) is 3.26. The summed E-state index contributed by atoms with van der Waals surface area (Å²) in [6, 6.07) is 8.39. The Labute approximate surface area is 161 Å². The SMILES string of the molecule is CCc1ccc(NC(=S)N2CC[NH+](CC(=O)NCCCOC)CC2)cc1. The zero-order valence-electron chi connectivity index (χ0n) is 15.8. The number of carbonyl (C=O) groups is 1. The smallest absolute Gasteiger partial charge is 0.275 e. The van der Waals surface area contributed by atoms with Crippen LogP contribution in [0.25, 0.3) is 0 Å². The second-order valence-corrected chi connectivity index (χ2v) is 6.98. The molecule has 144 valence electrons. The van der Waals surface area contributed by atoms with Gasteiger partial charge in [-0.3, -0.25) is 4.79 Å². The fourth-order valence-electron chi connectivity index (χ4n) is 2.96. The van der Waals surface area contributed by atoms with Gasteiger partial charge >= 0.3 is 0 Å². The predicted octanol–water partition coefficient (Wildman–Crippen LogP) is 0.299.